The van der Waals surface area contributed by atoms with Crippen LogP contribution >= 0.6 is 0 Å². The SMILES string of the molecule is O=c1cnc(O)c2c3c([nH]nc13)CC[C@H]2C1CN2CCC1CC2. The van der Waals surface area contributed by atoms with Gasteiger partial charge in [0.1, 0.15) is 5.52 Å². The first-order valence-corrected chi connectivity index (χ1v) is 8.54. The van der Waals surface area contributed by atoms with Crippen molar-refractivity contribution in [2.24, 2.45) is 11.8 Å². The summed E-state index contributed by atoms with van der Waals surface area (Å²) in [4.78, 5) is 18.7. The van der Waals surface area contributed by atoms with Crippen LogP contribution in [0.15, 0.2) is 11.0 Å². The lowest BCUT2D eigenvalue weighted by atomic mass is 9.67. The molecule has 1 unspecified atom stereocenters. The Kier molecular flexibility index (Phi) is 2.80. The smallest absolute Gasteiger partial charge is 0.224 e. The Morgan fingerprint density at radius 3 is 2.83 bits per heavy atom. The molecule has 6 rings (SSSR count). The number of nitrogens with one attached hydrogen (secondary N) is 1. The highest BCUT2D eigenvalue weighted by Gasteiger charge is 2.42. The summed E-state index contributed by atoms with van der Waals surface area (Å²) in [6.45, 7) is 3.52. The van der Waals surface area contributed by atoms with Gasteiger partial charge in [-0.05, 0) is 56.5 Å². The Bertz CT molecular complexity index is 838. The van der Waals surface area contributed by atoms with Crippen molar-refractivity contribution in [1.82, 2.24) is 20.1 Å². The maximum atomic E-state index is 12.2. The Morgan fingerprint density at radius 2 is 2.09 bits per heavy atom. The molecule has 5 heterocycles. The Labute approximate surface area is 133 Å². The third kappa shape index (κ3) is 1.87. The van der Waals surface area contributed by atoms with Gasteiger partial charge in [0.05, 0.1) is 6.20 Å². The Balaban J connectivity index is 1.72. The predicted molar refractivity (Wildman–Crippen MR) is 85.5 cm³/mol. The summed E-state index contributed by atoms with van der Waals surface area (Å²) in [5, 5.41) is 18.6. The van der Waals surface area contributed by atoms with Crippen molar-refractivity contribution in [2.45, 2.75) is 31.6 Å². The molecule has 2 N–H and O–H groups in total. The normalized spacial score (nSPS) is 32.3. The molecule has 4 aliphatic rings. The van der Waals surface area contributed by atoms with E-state index in [0.29, 0.717) is 11.4 Å². The molecule has 3 aliphatic heterocycles. The van der Waals surface area contributed by atoms with Crippen molar-refractivity contribution in [2.75, 3.05) is 19.6 Å². The fraction of sp³-hybridized carbons (Fsp3) is 0.588. The zero-order valence-electron chi connectivity index (χ0n) is 13.0. The first kappa shape index (κ1) is 13.5. The first-order chi connectivity index (χ1) is 11.2. The highest BCUT2D eigenvalue weighted by Crippen LogP contribution is 2.48. The minimum absolute atomic E-state index is 0.0147. The molecule has 2 aromatic heterocycles. The van der Waals surface area contributed by atoms with Crippen molar-refractivity contribution in [3.05, 3.63) is 27.7 Å². The van der Waals surface area contributed by atoms with Gasteiger partial charge < -0.3 is 10.0 Å². The van der Waals surface area contributed by atoms with Crippen molar-refractivity contribution in [3.63, 3.8) is 0 Å². The summed E-state index contributed by atoms with van der Waals surface area (Å²) < 4.78 is 0. The highest BCUT2D eigenvalue weighted by atomic mass is 16.3. The standard InChI is InChI=1S/C17H20N4O2/c22-13-7-18-17(23)14-10(1-2-12-15(14)16(13)20-19-12)11-8-21-5-3-9(11)4-6-21/h7,9-11,23H,1-6,8H2,(H,19,20)/t10-,11?/m0/s1. The van der Waals surface area contributed by atoms with E-state index in [4.69, 9.17) is 0 Å². The number of nitrogens with zero attached hydrogens (tertiary/aromatic N) is 3. The zero-order valence-corrected chi connectivity index (χ0v) is 13.0. The summed E-state index contributed by atoms with van der Waals surface area (Å²) in [6, 6.07) is 0. The van der Waals surface area contributed by atoms with Crippen LogP contribution in [0.3, 0.4) is 0 Å². The molecular formula is C17H20N4O2. The number of hydrogen-bond donors (Lipinski definition) is 2. The topological polar surface area (TPSA) is 82.1 Å². The van der Waals surface area contributed by atoms with Crippen molar-refractivity contribution >= 4 is 10.9 Å². The molecule has 3 fully saturated rings. The van der Waals surface area contributed by atoms with Gasteiger partial charge in [0.15, 0.2) is 0 Å². The highest BCUT2D eigenvalue weighted by molar-refractivity contribution is 5.86. The fourth-order valence-electron chi connectivity index (χ4n) is 5.08. The Morgan fingerprint density at radius 1 is 1.26 bits per heavy atom. The number of aromatic nitrogens is 3. The van der Waals surface area contributed by atoms with E-state index in [0.717, 1.165) is 41.9 Å². The van der Waals surface area contributed by atoms with Crippen LogP contribution in [0.2, 0.25) is 0 Å². The second kappa shape index (κ2) is 4.77. The van der Waals surface area contributed by atoms with Crippen LogP contribution in [0.25, 0.3) is 10.9 Å². The molecule has 2 atom stereocenters. The summed E-state index contributed by atoms with van der Waals surface area (Å²) >= 11 is 0. The molecule has 120 valence electrons. The average Bonchev–Trinajstić information content (AvgIpc) is 2.98. The average molecular weight is 312 g/mol. The number of aromatic hydroxyl groups is 1. The van der Waals surface area contributed by atoms with E-state index in [1.807, 2.05) is 0 Å². The second-order valence-corrected chi connectivity index (χ2v) is 7.23. The van der Waals surface area contributed by atoms with Crippen LogP contribution in [0.5, 0.6) is 5.88 Å². The van der Waals surface area contributed by atoms with Crippen LogP contribution in [-0.2, 0) is 6.42 Å². The number of hydrogen-bond acceptors (Lipinski definition) is 5. The van der Waals surface area contributed by atoms with Crippen LogP contribution in [0.4, 0.5) is 0 Å². The van der Waals surface area contributed by atoms with E-state index < -0.39 is 0 Å². The van der Waals surface area contributed by atoms with Crippen LogP contribution in [0.1, 0.15) is 36.4 Å². The van der Waals surface area contributed by atoms with Gasteiger partial charge in [-0.1, -0.05) is 0 Å². The lowest BCUT2D eigenvalue weighted by molar-refractivity contribution is 0.0343. The summed E-state index contributed by atoms with van der Waals surface area (Å²) in [5.41, 5.74) is 2.03. The van der Waals surface area contributed by atoms with Gasteiger partial charge in [-0.25, -0.2) is 4.98 Å². The van der Waals surface area contributed by atoms with Crippen LogP contribution in [0, 0.1) is 11.8 Å². The molecule has 0 aromatic carbocycles. The number of piperidine rings is 3. The summed E-state index contributed by atoms with van der Waals surface area (Å²) in [5.74, 6) is 1.56. The third-order valence-corrected chi connectivity index (χ3v) is 6.19. The van der Waals surface area contributed by atoms with Crippen molar-refractivity contribution in [1.29, 1.82) is 0 Å². The number of aryl methyl sites for hydroxylation is 1. The summed E-state index contributed by atoms with van der Waals surface area (Å²) in [6.07, 6.45) is 5.59. The van der Waals surface area contributed by atoms with Gasteiger partial charge >= 0.3 is 0 Å². The minimum Gasteiger partial charge on any atom is -0.493 e. The van der Waals surface area contributed by atoms with Crippen molar-refractivity contribution in [3.8, 4) is 5.88 Å². The number of rotatable bonds is 1. The molecule has 6 nitrogen and oxygen atoms in total. The number of fused-ring (bicyclic) bond motifs is 3. The number of H-pyrrole nitrogens is 1. The van der Waals surface area contributed by atoms with Gasteiger partial charge in [0, 0.05) is 23.2 Å². The minimum atomic E-state index is -0.224. The summed E-state index contributed by atoms with van der Waals surface area (Å²) in [7, 11) is 0. The largest absolute Gasteiger partial charge is 0.493 e. The molecule has 23 heavy (non-hydrogen) atoms. The quantitative estimate of drug-likeness (QED) is 0.831. The van der Waals surface area contributed by atoms with E-state index in [-0.39, 0.29) is 17.2 Å². The lowest BCUT2D eigenvalue weighted by Gasteiger charge is -2.48. The van der Waals surface area contributed by atoms with Gasteiger partial charge in [-0.15, -0.1) is 0 Å². The first-order valence-electron chi connectivity index (χ1n) is 8.54. The van der Waals surface area contributed by atoms with E-state index in [2.05, 4.69) is 20.1 Å². The molecular weight excluding hydrogens is 292 g/mol. The number of aromatic amines is 1. The molecule has 0 saturated carbocycles. The Hall–Kier alpha value is -1.95. The molecule has 2 bridgehead atoms. The maximum absolute atomic E-state index is 12.2. The molecule has 0 spiro atoms. The molecule has 1 aliphatic carbocycles. The third-order valence-electron chi connectivity index (χ3n) is 6.19. The molecule has 3 saturated heterocycles. The fourth-order valence-corrected chi connectivity index (χ4v) is 5.08. The molecule has 6 heteroatoms. The van der Waals surface area contributed by atoms with Crippen LogP contribution in [-0.4, -0.2) is 44.8 Å². The molecule has 2 aromatic rings. The van der Waals surface area contributed by atoms with E-state index in [1.54, 1.807) is 0 Å². The molecule has 0 radical (unpaired) electrons. The van der Waals surface area contributed by atoms with Gasteiger partial charge in [-0.3, -0.25) is 9.89 Å². The second-order valence-electron chi connectivity index (χ2n) is 7.23. The van der Waals surface area contributed by atoms with E-state index >= 15 is 0 Å². The van der Waals surface area contributed by atoms with Crippen molar-refractivity contribution < 1.29 is 5.11 Å². The van der Waals surface area contributed by atoms with Gasteiger partial charge in [0.2, 0.25) is 11.3 Å². The zero-order chi connectivity index (χ0) is 15.6. The van der Waals surface area contributed by atoms with E-state index in [1.165, 1.54) is 32.1 Å². The van der Waals surface area contributed by atoms with Gasteiger partial charge in [0.25, 0.3) is 0 Å². The van der Waals surface area contributed by atoms with E-state index in [9.17, 15) is 9.90 Å². The predicted octanol–water partition coefficient (Wildman–Crippen LogP) is 1.40. The van der Waals surface area contributed by atoms with Gasteiger partial charge in [-0.2, -0.15) is 5.10 Å². The maximum Gasteiger partial charge on any atom is 0.224 e. The van der Waals surface area contributed by atoms with Crippen LogP contribution < -0.4 is 5.43 Å². The monoisotopic (exact) mass is 312 g/mol. The molecule has 0 amide bonds. The lowest BCUT2D eigenvalue weighted by Crippen LogP contribution is -2.49.